The van der Waals surface area contributed by atoms with Crippen molar-refractivity contribution < 1.29 is 17.9 Å². The Hall–Kier alpha value is -0.330. The standard InChI is InChI=1S/C8H17F3N2O/c1-14-6-4-7(13-12)3-2-5-8(9,10)11/h7,13H,2-6,12H2,1H3. The Balaban J connectivity index is 3.52. The molecule has 0 aliphatic heterocycles. The number of methoxy groups -OCH3 is 1. The van der Waals surface area contributed by atoms with Gasteiger partial charge < -0.3 is 4.74 Å². The van der Waals surface area contributed by atoms with Gasteiger partial charge in [-0.2, -0.15) is 13.2 Å². The van der Waals surface area contributed by atoms with Crippen LogP contribution in [0.1, 0.15) is 25.7 Å². The Bertz CT molecular complexity index is 141. The van der Waals surface area contributed by atoms with Gasteiger partial charge in [0, 0.05) is 26.2 Å². The molecule has 0 amide bonds. The Kier molecular flexibility index (Phi) is 6.86. The molecule has 0 bridgehead atoms. The molecule has 0 aliphatic carbocycles. The molecule has 0 radical (unpaired) electrons. The fourth-order valence-corrected chi connectivity index (χ4v) is 1.12. The van der Waals surface area contributed by atoms with Crippen LogP contribution in [0, 0.1) is 0 Å². The molecule has 0 rings (SSSR count). The van der Waals surface area contributed by atoms with E-state index in [1.165, 1.54) is 0 Å². The summed E-state index contributed by atoms with van der Waals surface area (Å²) in [6.45, 7) is 0.501. The summed E-state index contributed by atoms with van der Waals surface area (Å²) in [4.78, 5) is 0. The minimum atomic E-state index is -4.07. The maximum atomic E-state index is 11.8. The third kappa shape index (κ3) is 8.28. The van der Waals surface area contributed by atoms with Crippen LogP contribution in [-0.2, 0) is 4.74 Å². The van der Waals surface area contributed by atoms with Crippen molar-refractivity contribution in [3.8, 4) is 0 Å². The second-order valence-electron chi connectivity index (χ2n) is 3.15. The average molecular weight is 214 g/mol. The van der Waals surface area contributed by atoms with Crippen LogP contribution >= 0.6 is 0 Å². The van der Waals surface area contributed by atoms with Gasteiger partial charge in [-0.05, 0) is 19.3 Å². The van der Waals surface area contributed by atoms with Crippen molar-refractivity contribution in [3.63, 3.8) is 0 Å². The van der Waals surface area contributed by atoms with Crippen molar-refractivity contribution >= 4 is 0 Å². The van der Waals surface area contributed by atoms with Gasteiger partial charge in [-0.25, -0.2) is 0 Å². The SMILES string of the molecule is COCCC(CCCC(F)(F)F)NN. The van der Waals surface area contributed by atoms with Gasteiger partial charge in [-0.3, -0.25) is 11.3 Å². The Morgan fingerprint density at radius 2 is 2.00 bits per heavy atom. The van der Waals surface area contributed by atoms with E-state index < -0.39 is 12.6 Å². The van der Waals surface area contributed by atoms with Crippen molar-refractivity contribution in [1.29, 1.82) is 0 Å². The molecule has 0 aromatic rings. The first-order valence-corrected chi connectivity index (χ1v) is 4.51. The maximum Gasteiger partial charge on any atom is 0.389 e. The normalized spacial score (nSPS) is 14.4. The molecule has 14 heavy (non-hydrogen) atoms. The maximum absolute atomic E-state index is 11.8. The highest BCUT2D eigenvalue weighted by atomic mass is 19.4. The van der Waals surface area contributed by atoms with Gasteiger partial charge >= 0.3 is 6.18 Å². The lowest BCUT2D eigenvalue weighted by Crippen LogP contribution is -2.36. The van der Waals surface area contributed by atoms with Gasteiger partial charge in [0.05, 0.1) is 0 Å². The summed E-state index contributed by atoms with van der Waals surface area (Å²) in [7, 11) is 1.54. The number of nitrogens with two attached hydrogens (primary N) is 1. The van der Waals surface area contributed by atoms with Gasteiger partial charge in [-0.15, -0.1) is 0 Å². The Morgan fingerprint density at radius 3 is 2.43 bits per heavy atom. The van der Waals surface area contributed by atoms with Crippen LogP contribution in [0.4, 0.5) is 13.2 Å². The quantitative estimate of drug-likeness (QED) is 0.499. The molecule has 0 saturated carbocycles. The molecule has 1 atom stereocenters. The van der Waals surface area contributed by atoms with Crippen molar-refractivity contribution in [3.05, 3.63) is 0 Å². The average Bonchev–Trinajstić information content (AvgIpc) is 2.09. The van der Waals surface area contributed by atoms with E-state index in [2.05, 4.69) is 5.43 Å². The number of halogens is 3. The molecular weight excluding hydrogens is 197 g/mol. The van der Waals surface area contributed by atoms with Crippen molar-refractivity contribution in [1.82, 2.24) is 5.43 Å². The fraction of sp³-hybridized carbons (Fsp3) is 1.00. The monoisotopic (exact) mass is 214 g/mol. The van der Waals surface area contributed by atoms with E-state index in [1.54, 1.807) is 7.11 Å². The second kappa shape index (κ2) is 7.03. The predicted molar refractivity (Wildman–Crippen MR) is 47.5 cm³/mol. The summed E-state index contributed by atoms with van der Waals surface area (Å²) in [5, 5.41) is 0. The van der Waals surface area contributed by atoms with Crippen LogP contribution in [-0.4, -0.2) is 25.9 Å². The van der Waals surface area contributed by atoms with Crippen molar-refractivity contribution in [2.75, 3.05) is 13.7 Å². The highest BCUT2D eigenvalue weighted by molar-refractivity contribution is 4.64. The molecule has 0 fully saturated rings. The summed E-state index contributed by atoms with van der Waals surface area (Å²) in [5.74, 6) is 5.18. The fourth-order valence-electron chi connectivity index (χ4n) is 1.12. The van der Waals surface area contributed by atoms with Gasteiger partial charge in [-0.1, -0.05) is 0 Å². The summed E-state index contributed by atoms with van der Waals surface area (Å²) in [6.07, 6.45) is -3.68. The van der Waals surface area contributed by atoms with E-state index in [9.17, 15) is 13.2 Å². The number of alkyl halides is 3. The third-order valence-electron chi connectivity index (χ3n) is 1.92. The van der Waals surface area contributed by atoms with E-state index >= 15 is 0 Å². The highest BCUT2D eigenvalue weighted by Crippen LogP contribution is 2.22. The van der Waals surface area contributed by atoms with Crippen molar-refractivity contribution in [2.45, 2.75) is 37.9 Å². The van der Waals surface area contributed by atoms with Crippen LogP contribution < -0.4 is 11.3 Å². The number of nitrogens with one attached hydrogen (secondary N) is 1. The number of hydrogen-bond donors (Lipinski definition) is 2. The van der Waals surface area contributed by atoms with Crippen LogP contribution in [0.2, 0.25) is 0 Å². The smallest absolute Gasteiger partial charge is 0.385 e. The first-order valence-electron chi connectivity index (χ1n) is 4.51. The lowest BCUT2D eigenvalue weighted by Gasteiger charge is -2.15. The van der Waals surface area contributed by atoms with Gasteiger partial charge in [0.15, 0.2) is 0 Å². The van der Waals surface area contributed by atoms with Crippen molar-refractivity contribution in [2.24, 2.45) is 5.84 Å². The van der Waals surface area contributed by atoms with Gasteiger partial charge in [0.25, 0.3) is 0 Å². The van der Waals surface area contributed by atoms with Gasteiger partial charge in [0.1, 0.15) is 0 Å². The topological polar surface area (TPSA) is 47.3 Å². The molecule has 0 spiro atoms. The molecular formula is C8H17F3N2O. The van der Waals surface area contributed by atoms with E-state index in [-0.39, 0.29) is 12.5 Å². The molecule has 0 aromatic carbocycles. The number of rotatable bonds is 7. The largest absolute Gasteiger partial charge is 0.389 e. The van der Waals surface area contributed by atoms with E-state index in [4.69, 9.17) is 10.6 Å². The molecule has 3 N–H and O–H groups in total. The predicted octanol–water partition coefficient (Wildman–Crippen LogP) is 1.59. The van der Waals surface area contributed by atoms with E-state index in [0.29, 0.717) is 19.4 Å². The summed E-state index contributed by atoms with van der Waals surface area (Å²) >= 11 is 0. The zero-order valence-corrected chi connectivity index (χ0v) is 8.23. The lowest BCUT2D eigenvalue weighted by molar-refractivity contribution is -0.135. The molecule has 0 aliphatic rings. The first-order chi connectivity index (χ1) is 6.49. The minimum absolute atomic E-state index is 0.0993. The first kappa shape index (κ1) is 13.7. The second-order valence-corrected chi connectivity index (χ2v) is 3.15. The molecule has 6 heteroatoms. The number of hydrazine groups is 1. The molecule has 0 aromatic heterocycles. The summed E-state index contributed by atoms with van der Waals surface area (Å²) in [5.41, 5.74) is 2.48. The molecule has 0 saturated heterocycles. The van der Waals surface area contributed by atoms with Crippen LogP contribution in [0.3, 0.4) is 0 Å². The minimum Gasteiger partial charge on any atom is -0.385 e. The number of hydrogen-bond acceptors (Lipinski definition) is 3. The highest BCUT2D eigenvalue weighted by Gasteiger charge is 2.26. The molecule has 0 heterocycles. The summed E-state index contributed by atoms with van der Waals surface area (Å²) in [6, 6.07) is -0.0997. The zero-order chi connectivity index (χ0) is 11.0. The van der Waals surface area contributed by atoms with Crippen LogP contribution in [0.5, 0.6) is 0 Å². The molecule has 3 nitrogen and oxygen atoms in total. The van der Waals surface area contributed by atoms with E-state index in [0.717, 1.165) is 0 Å². The molecule has 1 unspecified atom stereocenters. The molecule has 86 valence electrons. The zero-order valence-electron chi connectivity index (χ0n) is 8.23. The third-order valence-corrected chi connectivity index (χ3v) is 1.92. The van der Waals surface area contributed by atoms with Gasteiger partial charge in [0.2, 0.25) is 0 Å². The van der Waals surface area contributed by atoms with E-state index in [1.807, 2.05) is 0 Å². The summed E-state index contributed by atoms with van der Waals surface area (Å²) < 4.78 is 40.2. The Morgan fingerprint density at radius 1 is 1.36 bits per heavy atom. The Labute approximate surface area is 81.8 Å². The number of ether oxygens (including phenoxy) is 1. The van der Waals surface area contributed by atoms with Crippen LogP contribution in [0.25, 0.3) is 0 Å². The van der Waals surface area contributed by atoms with Crippen LogP contribution in [0.15, 0.2) is 0 Å². The lowest BCUT2D eigenvalue weighted by atomic mass is 10.1.